The molecule has 0 amide bonds. The second-order valence-corrected chi connectivity index (χ2v) is 5.95. The topological polar surface area (TPSA) is 34.1 Å². The highest BCUT2D eigenvalue weighted by Gasteiger charge is 2.03. The maximum Gasteiger partial charge on any atom is 0.219 e. The Morgan fingerprint density at radius 3 is 2.76 bits per heavy atom. The fraction of sp³-hybridized carbons (Fsp3) is 0.353. The fourth-order valence-corrected chi connectivity index (χ4v) is 2.04. The van der Waals surface area contributed by atoms with Crippen LogP contribution in [0.2, 0.25) is 5.02 Å². The van der Waals surface area contributed by atoms with Crippen LogP contribution >= 0.6 is 11.6 Å². The molecule has 3 nitrogen and oxygen atoms in total. The number of ether oxygens (including phenoxy) is 1. The SMILES string of the molecule is Cc1cc(Oc2cc(CNCC(C)C)ccn2)ccc1Cl. The molecule has 2 aromatic rings. The van der Waals surface area contributed by atoms with Crippen LogP contribution < -0.4 is 10.1 Å². The quantitative estimate of drug-likeness (QED) is 0.848. The molecule has 0 bridgehead atoms. The largest absolute Gasteiger partial charge is 0.439 e. The van der Waals surface area contributed by atoms with Gasteiger partial charge in [0, 0.05) is 23.8 Å². The average Bonchev–Trinajstić information content (AvgIpc) is 2.43. The van der Waals surface area contributed by atoms with Crippen molar-refractivity contribution in [1.82, 2.24) is 10.3 Å². The normalized spacial score (nSPS) is 10.9. The van der Waals surface area contributed by atoms with Crippen LogP contribution in [0.4, 0.5) is 0 Å². The number of benzene rings is 1. The van der Waals surface area contributed by atoms with Gasteiger partial charge < -0.3 is 10.1 Å². The minimum Gasteiger partial charge on any atom is -0.439 e. The maximum atomic E-state index is 6.01. The Hall–Kier alpha value is -1.58. The molecule has 1 heterocycles. The molecule has 0 saturated carbocycles. The van der Waals surface area contributed by atoms with E-state index in [2.05, 4.69) is 24.1 Å². The summed E-state index contributed by atoms with van der Waals surface area (Å²) in [6.07, 6.45) is 1.77. The summed E-state index contributed by atoms with van der Waals surface area (Å²) in [6.45, 7) is 8.15. The van der Waals surface area contributed by atoms with E-state index in [4.69, 9.17) is 16.3 Å². The van der Waals surface area contributed by atoms with Crippen molar-refractivity contribution in [2.45, 2.75) is 27.3 Å². The van der Waals surface area contributed by atoms with Crippen molar-refractivity contribution in [1.29, 1.82) is 0 Å². The highest BCUT2D eigenvalue weighted by molar-refractivity contribution is 6.31. The van der Waals surface area contributed by atoms with Gasteiger partial charge in [-0.1, -0.05) is 25.4 Å². The number of aryl methyl sites for hydroxylation is 1. The van der Waals surface area contributed by atoms with Crippen molar-refractivity contribution in [3.05, 3.63) is 52.7 Å². The van der Waals surface area contributed by atoms with E-state index in [1.54, 1.807) is 6.20 Å². The summed E-state index contributed by atoms with van der Waals surface area (Å²) in [7, 11) is 0. The van der Waals surface area contributed by atoms with Gasteiger partial charge in [-0.05, 0) is 54.8 Å². The van der Waals surface area contributed by atoms with Gasteiger partial charge in [0.05, 0.1) is 0 Å². The van der Waals surface area contributed by atoms with Crippen molar-refractivity contribution in [2.75, 3.05) is 6.54 Å². The third-order valence-electron chi connectivity index (χ3n) is 3.03. The molecule has 0 aliphatic carbocycles. The Bertz CT molecular complexity index is 599. The zero-order valence-electron chi connectivity index (χ0n) is 12.7. The first kappa shape index (κ1) is 15.8. The Kier molecular flexibility index (Phi) is 5.59. The first-order chi connectivity index (χ1) is 10.0. The van der Waals surface area contributed by atoms with Gasteiger partial charge in [-0.15, -0.1) is 0 Å². The lowest BCUT2D eigenvalue weighted by Gasteiger charge is -2.09. The van der Waals surface area contributed by atoms with Crippen molar-refractivity contribution < 1.29 is 4.74 Å². The van der Waals surface area contributed by atoms with Gasteiger partial charge >= 0.3 is 0 Å². The second-order valence-electron chi connectivity index (χ2n) is 5.54. The zero-order valence-corrected chi connectivity index (χ0v) is 13.4. The Morgan fingerprint density at radius 2 is 2.05 bits per heavy atom. The lowest BCUT2D eigenvalue weighted by Crippen LogP contribution is -2.18. The molecule has 1 N–H and O–H groups in total. The Balaban J connectivity index is 2.01. The minimum absolute atomic E-state index is 0.598. The van der Waals surface area contributed by atoms with E-state index in [9.17, 15) is 0 Å². The van der Waals surface area contributed by atoms with Gasteiger partial charge in [-0.25, -0.2) is 4.98 Å². The number of pyridine rings is 1. The van der Waals surface area contributed by atoms with E-state index in [1.807, 2.05) is 37.3 Å². The predicted molar refractivity (Wildman–Crippen MR) is 87.0 cm³/mol. The summed E-state index contributed by atoms with van der Waals surface area (Å²) < 4.78 is 5.78. The molecule has 0 radical (unpaired) electrons. The molecule has 0 spiro atoms. The van der Waals surface area contributed by atoms with Crippen LogP contribution in [0.25, 0.3) is 0 Å². The van der Waals surface area contributed by atoms with Gasteiger partial charge in [0.2, 0.25) is 5.88 Å². The van der Waals surface area contributed by atoms with E-state index < -0.39 is 0 Å². The monoisotopic (exact) mass is 304 g/mol. The van der Waals surface area contributed by atoms with Crippen molar-refractivity contribution >= 4 is 11.6 Å². The van der Waals surface area contributed by atoms with Crippen molar-refractivity contribution in [2.24, 2.45) is 5.92 Å². The number of hydrogen-bond acceptors (Lipinski definition) is 3. The average molecular weight is 305 g/mol. The molecule has 1 aromatic carbocycles. The number of nitrogens with one attached hydrogen (secondary N) is 1. The second kappa shape index (κ2) is 7.43. The van der Waals surface area contributed by atoms with E-state index >= 15 is 0 Å². The van der Waals surface area contributed by atoms with Crippen LogP contribution in [0, 0.1) is 12.8 Å². The van der Waals surface area contributed by atoms with Crippen LogP contribution in [-0.2, 0) is 6.54 Å². The molecule has 112 valence electrons. The van der Waals surface area contributed by atoms with Crippen LogP contribution in [0.15, 0.2) is 36.5 Å². The number of halogens is 1. The maximum absolute atomic E-state index is 6.01. The Morgan fingerprint density at radius 1 is 1.24 bits per heavy atom. The van der Waals surface area contributed by atoms with E-state index in [-0.39, 0.29) is 0 Å². The smallest absolute Gasteiger partial charge is 0.219 e. The van der Waals surface area contributed by atoms with Gasteiger partial charge in [0.25, 0.3) is 0 Å². The summed E-state index contributed by atoms with van der Waals surface area (Å²) in [4.78, 5) is 4.25. The number of aromatic nitrogens is 1. The standard InChI is InChI=1S/C17H21ClN2O/c1-12(2)10-19-11-14-6-7-20-17(9-14)21-15-4-5-16(18)13(3)8-15/h4-9,12,19H,10-11H2,1-3H3. The van der Waals surface area contributed by atoms with Crippen LogP contribution in [0.1, 0.15) is 25.0 Å². The van der Waals surface area contributed by atoms with E-state index in [0.29, 0.717) is 11.8 Å². The van der Waals surface area contributed by atoms with Crippen LogP contribution in [-0.4, -0.2) is 11.5 Å². The van der Waals surface area contributed by atoms with Gasteiger partial charge in [0.15, 0.2) is 0 Å². The first-order valence-corrected chi connectivity index (χ1v) is 7.52. The molecular weight excluding hydrogens is 284 g/mol. The van der Waals surface area contributed by atoms with Crippen molar-refractivity contribution in [3.63, 3.8) is 0 Å². The van der Waals surface area contributed by atoms with Gasteiger partial charge in [0.1, 0.15) is 5.75 Å². The van der Waals surface area contributed by atoms with Crippen LogP contribution in [0.3, 0.4) is 0 Å². The number of nitrogens with zero attached hydrogens (tertiary/aromatic N) is 1. The lowest BCUT2D eigenvalue weighted by atomic mass is 10.2. The first-order valence-electron chi connectivity index (χ1n) is 7.14. The Labute approximate surface area is 131 Å². The summed E-state index contributed by atoms with van der Waals surface area (Å²) >= 11 is 6.01. The molecule has 0 saturated heterocycles. The van der Waals surface area contributed by atoms with E-state index in [0.717, 1.165) is 35.0 Å². The summed E-state index contributed by atoms with van der Waals surface area (Å²) in [5, 5.41) is 4.15. The fourth-order valence-electron chi connectivity index (χ4n) is 1.92. The molecule has 0 atom stereocenters. The summed E-state index contributed by atoms with van der Waals surface area (Å²) in [5.41, 5.74) is 2.15. The van der Waals surface area contributed by atoms with Crippen molar-refractivity contribution in [3.8, 4) is 11.6 Å². The summed E-state index contributed by atoms with van der Waals surface area (Å²) in [5.74, 6) is 1.98. The highest BCUT2D eigenvalue weighted by Crippen LogP contribution is 2.25. The van der Waals surface area contributed by atoms with E-state index in [1.165, 1.54) is 0 Å². The molecule has 0 unspecified atom stereocenters. The molecular formula is C17H21ClN2O. The summed E-state index contributed by atoms with van der Waals surface area (Å²) in [6, 6.07) is 9.54. The number of hydrogen-bond donors (Lipinski definition) is 1. The molecule has 0 fully saturated rings. The van der Waals surface area contributed by atoms with Crippen LogP contribution in [0.5, 0.6) is 11.6 Å². The molecule has 21 heavy (non-hydrogen) atoms. The molecule has 0 aliphatic heterocycles. The zero-order chi connectivity index (χ0) is 15.2. The van der Waals surface area contributed by atoms with Gasteiger partial charge in [-0.3, -0.25) is 0 Å². The minimum atomic E-state index is 0.598. The lowest BCUT2D eigenvalue weighted by molar-refractivity contribution is 0.461. The predicted octanol–water partition coefficient (Wildman–Crippen LogP) is 4.58. The van der Waals surface area contributed by atoms with Gasteiger partial charge in [-0.2, -0.15) is 0 Å². The molecule has 4 heteroatoms. The molecule has 2 rings (SSSR count). The number of rotatable bonds is 6. The molecule has 0 aliphatic rings. The molecule has 1 aromatic heterocycles. The highest BCUT2D eigenvalue weighted by atomic mass is 35.5. The third-order valence-corrected chi connectivity index (χ3v) is 3.46. The third kappa shape index (κ3) is 5.03.